The minimum atomic E-state index is -2.90. The molecule has 5 nitrogen and oxygen atoms in total. The Bertz CT molecular complexity index is 783. The summed E-state index contributed by atoms with van der Waals surface area (Å²) in [4.78, 5) is 23.6. The lowest BCUT2D eigenvalue weighted by Gasteiger charge is -2.11. The highest BCUT2D eigenvalue weighted by Crippen LogP contribution is 2.26. The molecule has 0 saturated heterocycles. The molecular formula is C18H17ClF2N2O3. The number of alkyl halides is 2. The Morgan fingerprint density at radius 3 is 2.38 bits per heavy atom. The monoisotopic (exact) mass is 382 g/mol. The first-order valence-electron chi connectivity index (χ1n) is 7.80. The van der Waals surface area contributed by atoms with Gasteiger partial charge < -0.3 is 15.4 Å². The van der Waals surface area contributed by atoms with Crippen LogP contribution in [-0.2, 0) is 16.0 Å². The second-order valence-corrected chi connectivity index (χ2v) is 5.75. The molecule has 0 atom stereocenters. The van der Waals surface area contributed by atoms with E-state index in [-0.39, 0.29) is 24.0 Å². The van der Waals surface area contributed by atoms with Crippen molar-refractivity contribution in [2.45, 2.75) is 26.4 Å². The van der Waals surface area contributed by atoms with Gasteiger partial charge in [-0.3, -0.25) is 9.59 Å². The molecule has 0 aromatic heterocycles. The molecule has 2 amide bonds. The first kappa shape index (κ1) is 19.7. The number of carbonyl (C=O) groups is 2. The quantitative estimate of drug-likeness (QED) is 0.742. The van der Waals surface area contributed by atoms with Crippen molar-refractivity contribution < 1.29 is 23.1 Å². The van der Waals surface area contributed by atoms with Crippen molar-refractivity contribution >= 4 is 34.8 Å². The molecule has 138 valence electrons. The zero-order valence-corrected chi connectivity index (χ0v) is 14.6. The zero-order valence-electron chi connectivity index (χ0n) is 13.9. The van der Waals surface area contributed by atoms with Crippen molar-refractivity contribution in [3.8, 4) is 5.75 Å². The lowest BCUT2D eigenvalue weighted by molar-refractivity contribution is -0.116. The maximum absolute atomic E-state index is 12.2. The first-order chi connectivity index (χ1) is 12.4. The average Bonchev–Trinajstić information content (AvgIpc) is 2.59. The van der Waals surface area contributed by atoms with E-state index in [0.717, 1.165) is 0 Å². The van der Waals surface area contributed by atoms with Crippen LogP contribution in [0.1, 0.15) is 18.9 Å². The summed E-state index contributed by atoms with van der Waals surface area (Å²) in [5.74, 6) is -0.476. The first-order valence-corrected chi connectivity index (χ1v) is 8.18. The van der Waals surface area contributed by atoms with Gasteiger partial charge in [0.05, 0.1) is 17.1 Å². The summed E-state index contributed by atoms with van der Waals surface area (Å²) in [5, 5.41) is 5.67. The van der Waals surface area contributed by atoms with E-state index in [2.05, 4.69) is 15.4 Å². The number of ether oxygens (including phenoxy) is 1. The van der Waals surface area contributed by atoms with E-state index in [9.17, 15) is 18.4 Å². The van der Waals surface area contributed by atoms with Gasteiger partial charge in [-0.25, -0.2) is 0 Å². The molecule has 2 N–H and O–H groups in total. The van der Waals surface area contributed by atoms with Crippen LogP contribution in [-0.4, -0.2) is 18.4 Å². The van der Waals surface area contributed by atoms with Crippen LogP contribution in [0.5, 0.6) is 5.75 Å². The summed E-state index contributed by atoms with van der Waals surface area (Å²) in [6, 6.07) is 10.5. The molecule has 0 spiro atoms. The van der Waals surface area contributed by atoms with Crippen molar-refractivity contribution in [2.75, 3.05) is 10.6 Å². The van der Waals surface area contributed by atoms with Gasteiger partial charge in [-0.15, -0.1) is 0 Å². The summed E-state index contributed by atoms with van der Waals surface area (Å²) in [5.41, 5.74) is 1.50. The van der Waals surface area contributed by atoms with Crippen molar-refractivity contribution in [3.05, 3.63) is 53.1 Å². The van der Waals surface area contributed by atoms with Crippen LogP contribution >= 0.6 is 11.6 Å². The van der Waals surface area contributed by atoms with E-state index >= 15 is 0 Å². The Morgan fingerprint density at radius 2 is 1.77 bits per heavy atom. The van der Waals surface area contributed by atoms with E-state index in [1.54, 1.807) is 25.1 Å². The SMILES string of the molecule is CCC(=O)Nc1ccc(Cl)c(NC(=O)Cc2ccc(OC(F)F)cc2)c1. The highest BCUT2D eigenvalue weighted by molar-refractivity contribution is 6.33. The average molecular weight is 383 g/mol. The molecule has 0 fully saturated rings. The van der Waals surface area contributed by atoms with E-state index < -0.39 is 6.61 Å². The van der Waals surface area contributed by atoms with Crippen LogP contribution in [0.3, 0.4) is 0 Å². The van der Waals surface area contributed by atoms with Gasteiger partial charge in [0.1, 0.15) is 5.75 Å². The summed E-state index contributed by atoms with van der Waals surface area (Å²) in [6.07, 6.45) is 0.354. The second kappa shape index (κ2) is 9.15. The third kappa shape index (κ3) is 6.00. The van der Waals surface area contributed by atoms with Gasteiger partial charge in [-0.2, -0.15) is 8.78 Å². The smallest absolute Gasteiger partial charge is 0.387 e. The number of anilines is 2. The van der Waals surface area contributed by atoms with Crippen molar-refractivity contribution in [3.63, 3.8) is 0 Å². The van der Waals surface area contributed by atoms with Crippen LogP contribution in [0.4, 0.5) is 20.2 Å². The largest absolute Gasteiger partial charge is 0.435 e. The van der Waals surface area contributed by atoms with Crippen molar-refractivity contribution in [2.24, 2.45) is 0 Å². The zero-order chi connectivity index (χ0) is 19.1. The molecule has 0 saturated carbocycles. The standard InChI is InChI=1S/C18H17ClF2N2O3/c1-2-16(24)22-12-5-8-14(19)15(10-12)23-17(25)9-11-3-6-13(7-4-11)26-18(20)21/h3-8,10,18H,2,9H2,1H3,(H,22,24)(H,23,25). The molecule has 2 aromatic rings. The lowest BCUT2D eigenvalue weighted by atomic mass is 10.1. The number of hydrogen-bond donors (Lipinski definition) is 2. The number of amides is 2. The number of benzene rings is 2. The highest BCUT2D eigenvalue weighted by atomic mass is 35.5. The van der Waals surface area contributed by atoms with Crippen LogP contribution < -0.4 is 15.4 Å². The molecule has 2 aromatic carbocycles. The van der Waals surface area contributed by atoms with Crippen molar-refractivity contribution in [1.29, 1.82) is 0 Å². The van der Waals surface area contributed by atoms with Crippen molar-refractivity contribution in [1.82, 2.24) is 0 Å². The van der Waals surface area contributed by atoms with Gasteiger partial charge in [-0.1, -0.05) is 30.7 Å². The number of carbonyl (C=O) groups excluding carboxylic acids is 2. The molecule has 0 unspecified atom stereocenters. The maximum Gasteiger partial charge on any atom is 0.387 e. The molecule has 0 aliphatic rings. The third-order valence-corrected chi connectivity index (χ3v) is 3.69. The number of hydrogen-bond acceptors (Lipinski definition) is 3. The molecule has 8 heteroatoms. The Hall–Kier alpha value is -2.67. The number of nitrogens with one attached hydrogen (secondary N) is 2. The van der Waals surface area contributed by atoms with Gasteiger partial charge in [0.25, 0.3) is 0 Å². The molecule has 26 heavy (non-hydrogen) atoms. The minimum absolute atomic E-state index is 0.0200. The predicted octanol–water partition coefficient (Wildman–Crippen LogP) is 4.47. The second-order valence-electron chi connectivity index (χ2n) is 5.34. The fourth-order valence-corrected chi connectivity index (χ4v) is 2.28. The topological polar surface area (TPSA) is 67.4 Å². The predicted molar refractivity (Wildman–Crippen MR) is 95.8 cm³/mol. The van der Waals surface area contributed by atoms with Crippen LogP contribution in [0.15, 0.2) is 42.5 Å². The molecular weight excluding hydrogens is 366 g/mol. The summed E-state index contributed by atoms with van der Waals surface area (Å²) < 4.78 is 28.5. The molecule has 2 rings (SSSR count). The van der Waals surface area contributed by atoms with E-state index in [0.29, 0.717) is 28.4 Å². The van der Waals surface area contributed by atoms with Gasteiger partial charge in [0.2, 0.25) is 11.8 Å². The Morgan fingerprint density at radius 1 is 1.08 bits per heavy atom. The van der Waals surface area contributed by atoms with Gasteiger partial charge >= 0.3 is 6.61 Å². The van der Waals surface area contributed by atoms with Gasteiger partial charge in [0, 0.05) is 12.1 Å². The maximum atomic E-state index is 12.2. The van der Waals surface area contributed by atoms with Crippen LogP contribution in [0.2, 0.25) is 5.02 Å². The number of halogens is 3. The van der Waals surface area contributed by atoms with E-state index in [1.165, 1.54) is 24.3 Å². The van der Waals surface area contributed by atoms with Crippen LogP contribution in [0.25, 0.3) is 0 Å². The summed E-state index contributed by atoms with van der Waals surface area (Å²) in [7, 11) is 0. The summed E-state index contributed by atoms with van der Waals surface area (Å²) in [6.45, 7) is -1.17. The Labute approximate surface area is 154 Å². The lowest BCUT2D eigenvalue weighted by Crippen LogP contribution is -2.15. The normalized spacial score (nSPS) is 10.5. The number of rotatable bonds is 7. The van der Waals surface area contributed by atoms with E-state index in [1.807, 2.05) is 0 Å². The fraction of sp³-hybridized carbons (Fsp3) is 0.222. The van der Waals surface area contributed by atoms with Gasteiger partial charge in [0.15, 0.2) is 0 Å². The Balaban J connectivity index is 2.00. The fourth-order valence-electron chi connectivity index (χ4n) is 2.12. The highest BCUT2D eigenvalue weighted by Gasteiger charge is 2.10. The van der Waals surface area contributed by atoms with Crippen LogP contribution in [0, 0.1) is 0 Å². The molecule has 0 aliphatic carbocycles. The Kier molecular flexibility index (Phi) is 6.91. The minimum Gasteiger partial charge on any atom is -0.435 e. The third-order valence-electron chi connectivity index (χ3n) is 3.36. The molecule has 0 aliphatic heterocycles. The van der Waals surface area contributed by atoms with E-state index in [4.69, 9.17) is 11.6 Å². The molecule has 0 radical (unpaired) electrons. The van der Waals surface area contributed by atoms with Gasteiger partial charge in [-0.05, 0) is 35.9 Å². The summed E-state index contributed by atoms with van der Waals surface area (Å²) >= 11 is 6.07. The molecule has 0 heterocycles. The molecule has 0 bridgehead atoms.